The molecule has 1 saturated heterocycles. The largest absolute Gasteiger partial charge is 0.493 e. The van der Waals surface area contributed by atoms with E-state index in [0.717, 1.165) is 49.5 Å². The van der Waals surface area contributed by atoms with E-state index in [1.165, 1.54) is 31.1 Å². The summed E-state index contributed by atoms with van der Waals surface area (Å²) in [6.07, 6.45) is 4.46. The van der Waals surface area contributed by atoms with Gasteiger partial charge in [-0.15, -0.1) is 0 Å². The summed E-state index contributed by atoms with van der Waals surface area (Å²) < 4.78 is 11.0. The Morgan fingerprint density at radius 2 is 1.68 bits per heavy atom. The average molecular weight is 425 g/mol. The van der Waals surface area contributed by atoms with Gasteiger partial charge in [-0.2, -0.15) is 4.89 Å². The third kappa shape index (κ3) is 5.02. The van der Waals surface area contributed by atoms with E-state index in [9.17, 15) is 0 Å². The van der Waals surface area contributed by atoms with Gasteiger partial charge in [-0.25, -0.2) is 4.99 Å². The normalized spacial score (nSPS) is 20.6. The standard InChI is InChI=1S/C25H32N2O4/c1-28-23-15-20-14-21(25(26-31-30-3)22(20)16-24(23)29-2)13-18-9-11-27(12-10-18)17-19-7-5-4-6-8-19/h4-8,15-16,18,21H,9-14,17H2,1-3H3. The third-order valence-electron chi connectivity index (χ3n) is 6.52. The zero-order valence-corrected chi connectivity index (χ0v) is 18.7. The second-order valence-corrected chi connectivity index (χ2v) is 8.42. The number of piperidine rings is 1. The Hall–Kier alpha value is -2.57. The summed E-state index contributed by atoms with van der Waals surface area (Å²) in [7, 11) is 4.80. The van der Waals surface area contributed by atoms with Gasteiger partial charge in [-0.3, -0.25) is 4.90 Å². The highest BCUT2D eigenvalue weighted by Crippen LogP contribution is 2.40. The molecule has 1 atom stereocenters. The quantitative estimate of drug-likeness (QED) is 0.463. The van der Waals surface area contributed by atoms with Gasteiger partial charge in [-0.1, -0.05) is 30.3 Å². The molecule has 0 spiro atoms. The Kier molecular flexibility index (Phi) is 7.10. The summed E-state index contributed by atoms with van der Waals surface area (Å²) in [5.74, 6) is 2.46. The molecule has 1 unspecified atom stereocenters. The minimum absolute atomic E-state index is 0.313. The number of nitrogens with zero attached hydrogens (tertiary/aromatic N) is 2. The Morgan fingerprint density at radius 1 is 0.968 bits per heavy atom. The van der Waals surface area contributed by atoms with E-state index < -0.39 is 0 Å². The lowest BCUT2D eigenvalue weighted by atomic mass is 9.85. The van der Waals surface area contributed by atoms with Crippen LogP contribution in [0.1, 0.15) is 36.0 Å². The summed E-state index contributed by atoms with van der Waals surface area (Å²) in [6.45, 7) is 3.32. The zero-order chi connectivity index (χ0) is 21.6. The Balaban J connectivity index is 1.42. The van der Waals surface area contributed by atoms with Crippen LogP contribution in [0, 0.1) is 11.8 Å². The lowest BCUT2D eigenvalue weighted by Gasteiger charge is -2.33. The van der Waals surface area contributed by atoms with Gasteiger partial charge in [0.25, 0.3) is 0 Å². The molecule has 2 aromatic carbocycles. The van der Waals surface area contributed by atoms with Crippen LogP contribution in [-0.4, -0.2) is 45.0 Å². The molecule has 0 N–H and O–H groups in total. The lowest BCUT2D eigenvalue weighted by molar-refractivity contribution is -0.273. The highest BCUT2D eigenvalue weighted by Gasteiger charge is 2.34. The first-order valence-corrected chi connectivity index (χ1v) is 11.0. The molecule has 0 amide bonds. The van der Waals surface area contributed by atoms with E-state index in [4.69, 9.17) is 19.3 Å². The fourth-order valence-electron chi connectivity index (χ4n) is 4.93. The number of rotatable bonds is 8. The Morgan fingerprint density at radius 3 is 2.35 bits per heavy atom. The van der Waals surface area contributed by atoms with Crippen molar-refractivity contribution >= 4 is 5.71 Å². The number of hydrogen-bond acceptors (Lipinski definition) is 6. The summed E-state index contributed by atoms with van der Waals surface area (Å²) in [5, 5.41) is 4.32. The topological polar surface area (TPSA) is 52.5 Å². The predicted octanol–water partition coefficient (Wildman–Crippen LogP) is 4.46. The minimum Gasteiger partial charge on any atom is -0.493 e. The number of hydrogen-bond donors (Lipinski definition) is 0. The van der Waals surface area contributed by atoms with Crippen molar-refractivity contribution in [2.24, 2.45) is 17.0 Å². The van der Waals surface area contributed by atoms with Crippen molar-refractivity contribution in [1.82, 2.24) is 4.90 Å². The number of methoxy groups -OCH3 is 2. The number of likely N-dealkylation sites (tertiary alicyclic amines) is 1. The van der Waals surface area contributed by atoms with Crippen molar-refractivity contribution in [2.45, 2.75) is 32.2 Å². The SMILES string of the molecule is COON=C1c2cc(OC)c(OC)cc2CC1CC1CCN(Cc2ccccc2)CC1. The van der Waals surface area contributed by atoms with Gasteiger partial charge >= 0.3 is 0 Å². The van der Waals surface area contributed by atoms with Crippen molar-refractivity contribution in [1.29, 1.82) is 0 Å². The first kappa shape index (κ1) is 21.7. The van der Waals surface area contributed by atoms with Gasteiger partial charge < -0.3 is 9.47 Å². The molecule has 166 valence electrons. The van der Waals surface area contributed by atoms with Crippen LogP contribution in [0.5, 0.6) is 11.5 Å². The van der Waals surface area contributed by atoms with E-state index in [-0.39, 0.29) is 0 Å². The Labute approximate surface area is 184 Å². The molecule has 1 aliphatic carbocycles. The molecule has 2 aliphatic rings. The van der Waals surface area contributed by atoms with Gasteiger partial charge in [0.1, 0.15) is 0 Å². The van der Waals surface area contributed by atoms with Crippen LogP contribution >= 0.6 is 0 Å². The van der Waals surface area contributed by atoms with Crippen LogP contribution in [0.2, 0.25) is 0 Å². The molecule has 6 nitrogen and oxygen atoms in total. The number of fused-ring (bicyclic) bond motifs is 1. The van der Waals surface area contributed by atoms with Crippen molar-refractivity contribution in [3.63, 3.8) is 0 Å². The molecule has 31 heavy (non-hydrogen) atoms. The fourth-order valence-corrected chi connectivity index (χ4v) is 4.93. The second-order valence-electron chi connectivity index (χ2n) is 8.42. The van der Waals surface area contributed by atoms with E-state index in [1.54, 1.807) is 14.2 Å². The molecular weight excluding hydrogens is 392 g/mol. The van der Waals surface area contributed by atoms with Crippen molar-refractivity contribution in [3.05, 3.63) is 59.2 Å². The molecule has 6 heteroatoms. The molecule has 4 rings (SSSR count). The molecule has 1 heterocycles. The predicted molar refractivity (Wildman–Crippen MR) is 120 cm³/mol. The maximum atomic E-state index is 5.50. The van der Waals surface area contributed by atoms with E-state index in [1.807, 2.05) is 6.07 Å². The molecular formula is C25H32N2O4. The molecule has 2 aromatic rings. The van der Waals surface area contributed by atoms with Gasteiger partial charge in [0, 0.05) is 18.0 Å². The molecule has 1 aliphatic heterocycles. The summed E-state index contributed by atoms with van der Waals surface area (Å²) in [6, 6.07) is 14.8. The van der Waals surface area contributed by atoms with Crippen molar-refractivity contribution in [3.8, 4) is 11.5 Å². The number of benzene rings is 2. The summed E-state index contributed by atoms with van der Waals surface area (Å²) >= 11 is 0. The third-order valence-corrected chi connectivity index (χ3v) is 6.52. The fraction of sp³-hybridized carbons (Fsp3) is 0.480. The first-order valence-electron chi connectivity index (χ1n) is 11.0. The van der Waals surface area contributed by atoms with Crippen LogP contribution in [0.4, 0.5) is 0 Å². The average Bonchev–Trinajstić information content (AvgIpc) is 3.14. The van der Waals surface area contributed by atoms with Crippen LogP contribution in [0.3, 0.4) is 0 Å². The number of ether oxygens (including phenoxy) is 2. The molecule has 0 saturated carbocycles. The second kappa shape index (κ2) is 10.2. The van der Waals surface area contributed by atoms with Gasteiger partial charge in [0.2, 0.25) is 0 Å². The maximum absolute atomic E-state index is 5.50. The first-order chi connectivity index (χ1) is 15.2. The highest BCUT2D eigenvalue weighted by molar-refractivity contribution is 6.06. The van der Waals surface area contributed by atoms with Crippen LogP contribution in [-0.2, 0) is 22.8 Å². The number of oxime groups is 1. The minimum atomic E-state index is 0.313. The van der Waals surface area contributed by atoms with Crippen LogP contribution in [0.25, 0.3) is 0 Å². The van der Waals surface area contributed by atoms with Crippen molar-refractivity contribution < 1.29 is 19.3 Å². The molecule has 0 radical (unpaired) electrons. The smallest absolute Gasteiger partial charge is 0.161 e. The monoisotopic (exact) mass is 424 g/mol. The van der Waals surface area contributed by atoms with Crippen LogP contribution in [0.15, 0.2) is 47.6 Å². The molecule has 1 fully saturated rings. The highest BCUT2D eigenvalue weighted by atomic mass is 17.3. The molecule has 0 aromatic heterocycles. The summed E-state index contributed by atoms with van der Waals surface area (Å²) in [5.41, 5.74) is 4.63. The van der Waals surface area contributed by atoms with Gasteiger partial charge in [-0.05, 0) is 73.1 Å². The van der Waals surface area contributed by atoms with E-state index in [2.05, 4.69) is 46.5 Å². The Bertz CT molecular complexity index is 892. The van der Waals surface area contributed by atoms with E-state index >= 15 is 0 Å². The maximum Gasteiger partial charge on any atom is 0.161 e. The van der Waals surface area contributed by atoms with Crippen LogP contribution < -0.4 is 9.47 Å². The van der Waals surface area contributed by atoms with E-state index in [0.29, 0.717) is 17.6 Å². The van der Waals surface area contributed by atoms with Gasteiger partial charge in [0.15, 0.2) is 11.5 Å². The van der Waals surface area contributed by atoms with Gasteiger partial charge in [0.05, 0.1) is 27.0 Å². The molecule has 0 bridgehead atoms. The lowest BCUT2D eigenvalue weighted by Crippen LogP contribution is -2.34. The van der Waals surface area contributed by atoms with Crippen molar-refractivity contribution in [2.75, 3.05) is 34.4 Å². The zero-order valence-electron chi connectivity index (χ0n) is 18.7. The summed E-state index contributed by atoms with van der Waals surface area (Å²) in [4.78, 5) is 12.4.